The Balaban J connectivity index is 0.000000144. The van der Waals surface area contributed by atoms with E-state index in [9.17, 15) is 0 Å². The maximum Gasteiger partial charge on any atom is 0.182 e. The van der Waals surface area contributed by atoms with E-state index >= 15 is 0 Å². The van der Waals surface area contributed by atoms with Crippen molar-refractivity contribution in [3.63, 3.8) is 0 Å². The lowest BCUT2D eigenvalue weighted by molar-refractivity contribution is 1.06. The van der Waals surface area contributed by atoms with Crippen LogP contribution in [0.25, 0.3) is 234 Å². The molecule has 0 saturated heterocycles. The van der Waals surface area contributed by atoms with Gasteiger partial charge in [-0.05, 0) is 123 Å². The Labute approximate surface area is 687 Å². The largest absolute Gasteiger partial charge is 0.254 e. The average molecular weight is 1530 g/mol. The summed E-state index contributed by atoms with van der Waals surface area (Å²) in [6.07, 6.45) is 5.48. The van der Waals surface area contributed by atoms with Gasteiger partial charge in [0.2, 0.25) is 0 Å². The molecule has 0 aliphatic heterocycles. The Hall–Kier alpha value is -16.6. The minimum Gasteiger partial charge on any atom is -0.254 e. The predicted molar refractivity (Wildman–Crippen MR) is 485 cm³/mol. The molecule has 13 aromatic carbocycles. The topological polar surface area (TPSA) is 180 Å². The zero-order chi connectivity index (χ0) is 79.4. The minimum absolute atomic E-state index is 0.521. The molecule has 23 rings (SSSR count). The first-order valence-electron chi connectivity index (χ1n) is 39.7. The molecular weight excluding hydrogens is 1470 g/mol. The fourth-order valence-electron chi connectivity index (χ4n) is 16.0. The second-order valence-electron chi connectivity index (χ2n) is 29.6. The summed E-state index contributed by atoms with van der Waals surface area (Å²) in [4.78, 5) is 69.2. The van der Waals surface area contributed by atoms with Crippen molar-refractivity contribution in [3.8, 4) is 136 Å². The summed E-state index contributed by atoms with van der Waals surface area (Å²) in [5.74, 6) is 3.46. The average Bonchev–Trinajstić information content (AvgIpc) is 0.748. The minimum atomic E-state index is 0.521. The number of benzene rings is 13. The molecule has 14 heteroatoms. The first-order valence-corrected chi connectivity index (χ1v) is 39.7. The van der Waals surface area contributed by atoms with Crippen LogP contribution < -0.4 is 0 Å². The fraction of sp³-hybridized carbons (Fsp3) is 0. The van der Waals surface area contributed by atoms with Gasteiger partial charge in [0.15, 0.2) is 34.9 Å². The van der Waals surface area contributed by atoms with Gasteiger partial charge in [0.25, 0.3) is 0 Å². The Morgan fingerprint density at radius 2 is 0.450 bits per heavy atom. The maximum absolute atomic E-state index is 5.28. The molecule has 120 heavy (non-hydrogen) atoms. The van der Waals surface area contributed by atoms with Crippen LogP contribution in [0.5, 0.6) is 0 Å². The molecule has 0 radical (unpaired) electrons. The van der Waals surface area contributed by atoms with E-state index in [0.717, 1.165) is 187 Å². The maximum atomic E-state index is 5.28. The quantitative estimate of drug-likeness (QED) is 0.105. The Kier molecular flexibility index (Phi) is 17.5. The number of aromatic nitrogens is 14. The van der Waals surface area contributed by atoms with Crippen molar-refractivity contribution in [1.29, 1.82) is 0 Å². The molecule has 0 N–H and O–H groups in total. The molecule has 23 aromatic rings. The summed E-state index contributed by atoms with van der Waals surface area (Å²) in [5, 5.41) is 10.7. The number of nitrogens with zero attached hydrogens (tertiary/aromatic N) is 14. The lowest BCUT2D eigenvalue weighted by Gasteiger charge is -2.13. The number of hydrogen-bond donors (Lipinski definition) is 0. The van der Waals surface area contributed by atoms with Gasteiger partial charge in [-0.15, -0.1) is 0 Å². The molecule has 0 unspecified atom stereocenters. The van der Waals surface area contributed by atoms with Gasteiger partial charge in [0.1, 0.15) is 11.4 Å². The van der Waals surface area contributed by atoms with Crippen LogP contribution in [0.15, 0.2) is 389 Å². The molecule has 0 aliphatic carbocycles. The molecule has 0 saturated carbocycles. The standard InChI is InChI=1S/C55H33N7.C51H31N7/c1-3-10-38(11-4-1)53-60-54(39-12-5-2-6-13-39)62-55(61-53)48-30-24-35-18-22-41(33-50(35)58-48)40-21-17-34-23-28-46(57-49(34)32-40)44-26-27-45(43-16-8-7-15-42(43)44)47-29-25-37-20-19-36-14-9-31-56-51(36)52(37)59-47;1-3-9-36(10-4-1)49-56-50(37-11-5-2-6-12-37)58-51(57-49)44-26-24-35-20-22-39(31-46(35)55-44)38-21-19-34-23-25-43(54-45(34)30-38)33-17-15-32(16-18-33)42-29-40-13-7-27-52-47(40)48-41(42)14-8-28-53-48/h1-33H;1-31H. The van der Waals surface area contributed by atoms with Gasteiger partial charge in [-0.25, -0.2) is 54.8 Å². The summed E-state index contributed by atoms with van der Waals surface area (Å²) < 4.78 is 0. The SMILES string of the molecule is c1ccc(-c2nc(-c3ccccc3)nc(-c3ccc4ccc(-c5ccc6ccc(-c7ccc(-c8cc9cccnc9c9ncccc89)cc7)nc6c5)cc4n3)n2)cc1.c1ccc(-c2nc(-c3ccccc3)nc(-c3ccc4ccc(-c5ccc6ccc(-c7ccc(-c8ccc9ccc%10cccnc%10c9n8)c8ccccc78)nc6c5)cc4n3)n2)cc1. The van der Waals surface area contributed by atoms with Gasteiger partial charge in [0, 0.05) is 101 Å². The fourth-order valence-corrected chi connectivity index (χ4v) is 16.0. The van der Waals surface area contributed by atoms with E-state index in [-0.39, 0.29) is 0 Å². The first kappa shape index (κ1) is 70.1. The van der Waals surface area contributed by atoms with Crippen LogP contribution in [-0.4, -0.2) is 69.8 Å². The van der Waals surface area contributed by atoms with Gasteiger partial charge >= 0.3 is 0 Å². The van der Waals surface area contributed by atoms with Crippen molar-refractivity contribution < 1.29 is 0 Å². The van der Waals surface area contributed by atoms with E-state index in [1.807, 2.05) is 170 Å². The molecule has 0 atom stereocenters. The molecular formula is C106H64N14. The number of fused-ring (bicyclic) bond motifs is 11. The monoisotopic (exact) mass is 1530 g/mol. The van der Waals surface area contributed by atoms with Gasteiger partial charge < -0.3 is 0 Å². The summed E-state index contributed by atoms with van der Waals surface area (Å²) >= 11 is 0. The Bertz CT molecular complexity index is 7860. The van der Waals surface area contributed by atoms with E-state index < -0.39 is 0 Å². The Morgan fingerprint density at radius 1 is 0.142 bits per heavy atom. The highest BCUT2D eigenvalue weighted by Crippen LogP contribution is 2.40. The summed E-state index contributed by atoms with van der Waals surface area (Å²) in [6.45, 7) is 0. The first-order chi connectivity index (χ1) is 59.4. The summed E-state index contributed by atoms with van der Waals surface area (Å²) in [6, 6.07) is 127. The van der Waals surface area contributed by atoms with Gasteiger partial charge in [0.05, 0.1) is 61.2 Å². The van der Waals surface area contributed by atoms with Crippen molar-refractivity contribution in [3.05, 3.63) is 389 Å². The van der Waals surface area contributed by atoms with Gasteiger partial charge in [-0.3, -0.25) is 15.0 Å². The Morgan fingerprint density at radius 3 is 0.908 bits per heavy atom. The highest BCUT2D eigenvalue weighted by atomic mass is 15.1. The van der Waals surface area contributed by atoms with E-state index in [0.29, 0.717) is 46.3 Å². The van der Waals surface area contributed by atoms with Crippen LogP contribution >= 0.6 is 0 Å². The normalized spacial score (nSPS) is 11.5. The van der Waals surface area contributed by atoms with Gasteiger partial charge in [-0.2, -0.15) is 0 Å². The van der Waals surface area contributed by atoms with Crippen molar-refractivity contribution >= 4 is 98.0 Å². The van der Waals surface area contributed by atoms with Crippen LogP contribution in [0.4, 0.5) is 0 Å². The van der Waals surface area contributed by atoms with Crippen LogP contribution in [-0.2, 0) is 0 Å². The third kappa shape index (κ3) is 13.4. The zero-order valence-corrected chi connectivity index (χ0v) is 64.2. The molecule has 0 spiro atoms. The van der Waals surface area contributed by atoms with Crippen molar-refractivity contribution in [2.75, 3.05) is 0 Å². The van der Waals surface area contributed by atoms with Gasteiger partial charge in [-0.1, -0.05) is 291 Å². The van der Waals surface area contributed by atoms with Crippen LogP contribution in [0.1, 0.15) is 0 Å². The zero-order valence-electron chi connectivity index (χ0n) is 64.2. The van der Waals surface area contributed by atoms with E-state index in [1.165, 1.54) is 0 Å². The van der Waals surface area contributed by atoms with E-state index in [1.54, 1.807) is 0 Å². The lowest BCUT2D eigenvalue weighted by atomic mass is 9.95. The van der Waals surface area contributed by atoms with Crippen molar-refractivity contribution in [2.45, 2.75) is 0 Å². The molecule has 0 bridgehead atoms. The lowest BCUT2D eigenvalue weighted by Crippen LogP contribution is -2.01. The molecule has 14 nitrogen and oxygen atoms in total. The van der Waals surface area contributed by atoms with E-state index in [4.69, 9.17) is 59.8 Å². The van der Waals surface area contributed by atoms with Crippen LogP contribution in [0.3, 0.4) is 0 Å². The molecule has 0 fully saturated rings. The third-order valence-corrected chi connectivity index (χ3v) is 22.2. The molecule has 10 heterocycles. The van der Waals surface area contributed by atoms with Crippen LogP contribution in [0, 0.1) is 0 Å². The van der Waals surface area contributed by atoms with E-state index in [2.05, 4.69) is 228 Å². The number of hydrogen-bond acceptors (Lipinski definition) is 14. The molecule has 558 valence electrons. The highest BCUT2D eigenvalue weighted by molar-refractivity contribution is 6.11. The van der Waals surface area contributed by atoms with Crippen molar-refractivity contribution in [2.24, 2.45) is 0 Å². The number of rotatable bonds is 12. The number of pyridine rings is 8. The molecule has 10 aromatic heterocycles. The molecule has 0 aliphatic rings. The second-order valence-corrected chi connectivity index (χ2v) is 29.6. The van der Waals surface area contributed by atoms with Crippen molar-refractivity contribution in [1.82, 2.24) is 69.8 Å². The second kappa shape index (κ2) is 30.0. The predicted octanol–water partition coefficient (Wildman–Crippen LogP) is 25.3. The molecule has 0 amide bonds. The summed E-state index contributed by atoms with van der Waals surface area (Å²) in [5.41, 5.74) is 24.6. The smallest absolute Gasteiger partial charge is 0.182 e. The van der Waals surface area contributed by atoms with Crippen LogP contribution in [0.2, 0.25) is 0 Å². The summed E-state index contributed by atoms with van der Waals surface area (Å²) in [7, 11) is 0. The highest BCUT2D eigenvalue weighted by Gasteiger charge is 2.20. The third-order valence-electron chi connectivity index (χ3n) is 22.2.